The van der Waals surface area contributed by atoms with Crippen LogP contribution in [0.1, 0.15) is 5.56 Å². The van der Waals surface area contributed by atoms with Crippen LogP contribution in [0.15, 0.2) is 35.5 Å². The Kier molecular flexibility index (Phi) is 6.75. The highest BCUT2D eigenvalue weighted by Crippen LogP contribution is 2.18. The first-order valence-electron chi connectivity index (χ1n) is 7.11. The van der Waals surface area contributed by atoms with Gasteiger partial charge in [0.25, 0.3) is 0 Å². The molecule has 0 fully saturated rings. The van der Waals surface area contributed by atoms with Crippen LogP contribution in [0.5, 0.6) is 0 Å². The van der Waals surface area contributed by atoms with E-state index in [1.54, 1.807) is 19.0 Å². The van der Waals surface area contributed by atoms with Gasteiger partial charge in [-0.1, -0.05) is 18.2 Å². The first kappa shape index (κ1) is 19.0. The van der Waals surface area contributed by atoms with Gasteiger partial charge in [0.15, 0.2) is 5.96 Å². The van der Waals surface area contributed by atoms with Crippen molar-refractivity contribution in [1.29, 1.82) is 5.41 Å². The summed E-state index contributed by atoms with van der Waals surface area (Å²) in [5, 5.41) is 16.5. The lowest BCUT2D eigenvalue weighted by Gasteiger charge is -2.08. The van der Waals surface area contributed by atoms with Gasteiger partial charge in [0.1, 0.15) is 6.04 Å². The number of aromatic amines is 1. The molecule has 0 aliphatic carbocycles. The molecule has 9 N–H and O–H groups in total. The van der Waals surface area contributed by atoms with Gasteiger partial charge in [-0.3, -0.25) is 10.2 Å². The number of guanidine groups is 2. The van der Waals surface area contributed by atoms with Crippen LogP contribution in [-0.4, -0.2) is 53.0 Å². The molecule has 0 saturated carbocycles. The first-order valence-corrected chi connectivity index (χ1v) is 7.11. The fourth-order valence-corrected chi connectivity index (χ4v) is 1.85. The topological polar surface area (TPSA) is 171 Å². The Morgan fingerprint density at radius 3 is 2.50 bits per heavy atom. The van der Waals surface area contributed by atoms with Crippen molar-refractivity contribution in [3.63, 3.8) is 0 Å². The first-order chi connectivity index (χ1) is 11.2. The van der Waals surface area contributed by atoms with E-state index in [4.69, 9.17) is 27.7 Å². The van der Waals surface area contributed by atoms with E-state index < -0.39 is 12.0 Å². The second-order valence-corrected chi connectivity index (χ2v) is 5.26. The molecule has 130 valence electrons. The molecule has 0 spiro atoms. The summed E-state index contributed by atoms with van der Waals surface area (Å²) in [6, 6.07) is 6.91. The van der Waals surface area contributed by atoms with Crippen LogP contribution in [0, 0.1) is 5.41 Å². The fourth-order valence-electron chi connectivity index (χ4n) is 1.85. The van der Waals surface area contributed by atoms with Crippen molar-refractivity contribution >= 4 is 28.8 Å². The Bertz CT molecular complexity index is 736. The summed E-state index contributed by atoms with van der Waals surface area (Å²) in [5.74, 6) is -1.01. The molecule has 9 nitrogen and oxygen atoms in total. The number of nitrogens with zero attached hydrogens (tertiary/aromatic N) is 2. The zero-order valence-electron chi connectivity index (χ0n) is 13.7. The number of hydrogen-bond acceptors (Lipinski definition) is 3. The number of para-hydroxylation sites is 1. The van der Waals surface area contributed by atoms with Gasteiger partial charge in [-0.15, -0.1) is 0 Å². The summed E-state index contributed by atoms with van der Waals surface area (Å²) in [7, 11) is 3.45. The molecule has 0 aliphatic rings. The van der Waals surface area contributed by atoms with Crippen molar-refractivity contribution in [2.75, 3.05) is 14.1 Å². The molecule has 9 heteroatoms. The number of aliphatic imine (C=N–C) groups is 1. The Morgan fingerprint density at radius 2 is 2.00 bits per heavy atom. The van der Waals surface area contributed by atoms with Gasteiger partial charge in [0.05, 0.1) is 0 Å². The van der Waals surface area contributed by atoms with E-state index in [0.717, 1.165) is 16.5 Å². The van der Waals surface area contributed by atoms with E-state index in [1.165, 1.54) is 0 Å². The minimum absolute atomic E-state index is 0.238. The minimum Gasteiger partial charge on any atom is -0.480 e. The third-order valence-electron chi connectivity index (χ3n) is 3.13. The van der Waals surface area contributed by atoms with Crippen LogP contribution < -0.4 is 17.2 Å². The summed E-state index contributed by atoms with van der Waals surface area (Å²) in [5.41, 5.74) is 17.6. The van der Waals surface area contributed by atoms with E-state index >= 15 is 0 Å². The molecule has 0 radical (unpaired) electrons. The number of benzene rings is 1. The summed E-state index contributed by atoms with van der Waals surface area (Å²) < 4.78 is 0. The average Bonchev–Trinajstić information content (AvgIpc) is 2.90. The highest BCUT2D eigenvalue weighted by molar-refractivity contribution is 5.91. The quantitative estimate of drug-likeness (QED) is 0.337. The van der Waals surface area contributed by atoms with E-state index in [9.17, 15) is 4.79 Å². The van der Waals surface area contributed by atoms with Gasteiger partial charge in [-0.25, -0.2) is 0 Å². The maximum atomic E-state index is 10.6. The van der Waals surface area contributed by atoms with Crippen LogP contribution in [0.2, 0.25) is 0 Å². The molecule has 0 amide bonds. The zero-order valence-corrected chi connectivity index (χ0v) is 13.7. The van der Waals surface area contributed by atoms with E-state index in [1.807, 2.05) is 30.5 Å². The average molecular weight is 333 g/mol. The second kappa shape index (κ2) is 8.53. The summed E-state index contributed by atoms with van der Waals surface area (Å²) in [6.45, 7) is 0. The molecule has 1 atom stereocenters. The molecular formula is C15H23N7O2. The van der Waals surface area contributed by atoms with Crippen LogP contribution >= 0.6 is 0 Å². The standard InChI is InChI=1S/C11H12N2O2.C4H11N5/c12-9(11(14)15)5-7-6-13-10-4-2-1-3-8(7)10;1-9(2)4(7)8-3(5)6/h1-4,6,9,13H,5,12H2,(H,14,15);1-2H3,(H5,5,6,7,8). The lowest BCUT2D eigenvalue weighted by atomic mass is 10.1. The number of nitrogens with one attached hydrogen (secondary N) is 2. The minimum atomic E-state index is -0.972. The highest BCUT2D eigenvalue weighted by Gasteiger charge is 2.14. The largest absolute Gasteiger partial charge is 0.480 e. The molecule has 2 aromatic rings. The summed E-state index contributed by atoms with van der Waals surface area (Å²) in [4.78, 5) is 18.7. The van der Waals surface area contributed by atoms with Crippen molar-refractivity contribution in [2.24, 2.45) is 22.2 Å². The monoisotopic (exact) mass is 333 g/mol. The van der Waals surface area contributed by atoms with Gasteiger partial charge in [0.2, 0.25) is 5.96 Å². The van der Waals surface area contributed by atoms with Crippen LogP contribution in [-0.2, 0) is 11.2 Å². The summed E-state index contributed by atoms with van der Waals surface area (Å²) in [6.07, 6.45) is 2.16. The van der Waals surface area contributed by atoms with Gasteiger partial charge in [-0.05, 0) is 11.6 Å². The molecule has 1 unspecified atom stereocenters. The molecule has 24 heavy (non-hydrogen) atoms. The molecule has 1 aromatic carbocycles. The molecule has 1 heterocycles. The maximum absolute atomic E-state index is 10.6. The van der Waals surface area contributed by atoms with Crippen molar-refractivity contribution in [2.45, 2.75) is 12.5 Å². The molecule has 0 bridgehead atoms. The molecule has 0 aliphatic heterocycles. The number of fused-ring (bicyclic) bond motifs is 1. The lowest BCUT2D eigenvalue weighted by Crippen LogP contribution is -2.32. The van der Waals surface area contributed by atoms with Gasteiger partial charge in [-0.2, -0.15) is 4.99 Å². The van der Waals surface area contributed by atoms with Crippen molar-refractivity contribution in [3.05, 3.63) is 36.0 Å². The lowest BCUT2D eigenvalue weighted by molar-refractivity contribution is -0.138. The number of hydrogen-bond donors (Lipinski definition) is 6. The van der Waals surface area contributed by atoms with Gasteiger partial charge in [0, 0.05) is 37.6 Å². The van der Waals surface area contributed by atoms with Gasteiger partial charge >= 0.3 is 5.97 Å². The Hall–Kier alpha value is -3.07. The zero-order chi connectivity index (χ0) is 18.3. The van der Waals surface area contributed by atoms with Crippen LogP contribution in [0.3, 0.4) is 0 Å². The van der Waals surface area contributed by atoms with Crippen LogP contribution in [0.4, 0.5) is 0 Å². The number of aromatic nitrogens is 1. The third-order valence-corrected chi connectivity index (χ3v) is 3.13. The second-order valence-electron chi connectivity index (χ2n) is 5.26. The molecule has 0 saturated heterocycles. The number of carboxylic acids is 1. The molecule has 1 aromatic heterocycles. The maximum Gasteiger partial charge on any atom is 0.320 e. The van der Waals surface area contributed by atoms with E-state index in [-0.39, 0.29) is 11.9 Å². The number of carboxylic acid groups (broad SMARTS) is 1. The Morgan fingerprint density at radius 1 is 1.38 bits per heavy atom. The number of carbonyl (C=O) groups is 1. The fraction of sp³-hybridized carbons (Fsp3) is 0.267. The van der Waals surface area contributed by atoms with Crippen molar-refractivity contribution in [1.82, 2.24) is 9.88 Å². The molecular weight excluding hydrogens is 310 g/mol. The highest BCUT2D eigenvalue weighted by atomic mass is 16.4. The smallest absolute Gasteiger partial charge is 0.320 e. The number of aliphatic carboxylic acids is 1. The van der Waals surface area contributed by atoms with Crippen molar-refractivity contribution in [3.8, 4) is 0 Å². The predicted octanol–water partition coefficient (Wildman–Crippen LogP) is -0.122. The molecule has 2 rings (SSSR count). The van der Waals surface area contributed by atoms with Crippen LogP contribution in [0.25, 0.3) is 10.9 Å². The Balaban J connectivity index is 0.000000277. The normalized spacial score (nSPS) is 12.2. The van der Waals surface area contributed by atoms with Crippen molar-refractivity contribution < 1.29 is 9.90 Å². The Labute approximate surface area is 139 Å². The van der Waals surface area contributed by atoms with E-state index in [0.29, 0.717) is 6.42 Å². The summed E-state index contributed by atoms with van der Waals surface area (Å²) >= 11 is 0. The number of rotatable bonds is 3. The SMILES string of the molecule is CN(C)C(N)=NC(=N)N.NC(Cc1c[nH]c2ccccc12)C(=O)O. The number of nitrogens with two attached hydrogens (primary N) is 3. The van der Waals surface area contributed by atoms with E-state index in [2.05, 4.69) is 9.98 Å². The predicted molar refractivity (Wildman–Crippen MR) is 94.8 cm³/mol. The van der Waals surface area contributed by atoms with Gasteiger partial charge < -0.3 is 32.2 Å². The number of H-pyrrole nitrogens is 1. The third kappa shape index (κ3) is 5.61.